The molecule has 23 heavy (non-hydrogen) atoms. The van der Waals surface area contributed by atoms with E-state index in [0.29, 0.717) is 12.5 Å². The van der Waals surface area contributed by atoms with Crippen LogP contribution in [0.3, 0.4) is 0 Å². The third-order valence-electron chi connectivity index (χ3n) is 3.74. The number of hydrogen-bond donors (Lipinski definition) is 1. The second-order valence-electron chi connectivity index (χ2n) is 5.41. The average molecular weight is 305 g/mol. The van der Waals surface area contributed by atoms with Crippen molar-refractivity contribution in [1.82, 2.24) is 4.98 Å². The van der Waals surface area contributed by atoms with Gasteiger partial charge in [-0.05, 0) is 24.1 Å². The number of aliphatic hydroxyl groups is 1. The molecule has 0 fully saturated rings. The van der Waals surface area contributed by atoms with E-state index < -0.39 is 6.10 Å². The quantitative estimate of drug-likeness (QED) is 0.773. The van der Waals surface area contributed by atoms with Gasteiger partial charge < -0.3 is 9.84 Å². The summed E-state index contributed by atoms with van der Waals surface area (Å²) in [6.07, 6.45) is -0.674. The summed E-state index contributed by atoms with van der Waals surface area (Å²) in [4.78, 5) is 4.45. The maximum atomic E-state index is 10.5. The Bertz CT molecular complexity index is 757. The Morgan fingerprint density at radius 3 is 2.22 bits per heavy atom. The molecule has 116 valence electrons. The highest BCUT2D eigenvalue weighted by Crippen LogP contribution is 2.25. The van der Waals surface area contributed by atoms with Crippen molar-refractivity contribution >= 4 is 0 Å². The molecule has 0 spiro atoms. The molecule has 1 atom stereocenters. The van der Waals surface area contributed by atoms with Crippen molar-refractivity contribution in [3.8, 4) is 5.88 Å². The zero-order chi connectivity index (χ0) is 16.1. The molecule has 0 saturated heterocycles. The largest absolute Gasteiger partial charge is 0.473 e. The van der Waals surface area contributed by atoms with E-state index in [1.54, 1.807) is 6.07 Å². The topological polar surface area (TPSA) is 42.4 Å². The van der Waals surface area contributed by atoms with Crippen LogP contribution in [-0.4, -0.2) is 10.1 Å². The molecule has 1 N–H and O–H groups in total. The first kappa shape index (κ1) is 15.3. The maximum Gasteiger partial charge on any atom is 0.213 e. The van der Waals surface area contributed by atoms with Crippen LogP contribution in [0.2, 0.25) is 0 Å². The lowest BCUT2D eigenvalue weighted by molar-refractivity contribution is 0.218. The van der Waals surface area contributed by atoms with Crippen LogP contribution >= 0.6 is 0 Å². The van der Waals surface area contributed by atoms with Crippen LogP contribution < -0.4 is 4.74 Å². The minimum Gasteiger partial charge on any atom is -0.473 e. The normalized spacial score (nSPS) is 11.9. The Morgan fingerprint density at radius 1 is 0.913 bits per heavy atom. The highest BCUT2D eigenvalue weighted by Gasteiger charge is 2.14. The zero-order valence-electron chi connectivity index (χ0n) is 13.0. The number of benzene rings is 2. The number of aromatic nitrogens is 1. The van der Waals surface area contributed by atoms with Gasteiger partial charge in [-0.2, -0.15) is 0 Å². The lowest BCUT2D eigenvalue weighted by atomic mass is 10.0. The molecule has 1 aromatic heterocycles. The van der Waals surface area contributed by atoms with Gasteiger partial charge in [-0.25, -0.2) is 4.98 Å². The van der Waals surface area contributed by atoms with Crippen LogP contribution in [-0.2, 0) is 6.61 Å². The molecule has 0 aliphatic carbocycles. The highest BCUT2D eigenvalue weighted by atomic mass is 16.5. The molecule has 0 aliphatic heterocycles. The Labute approximate surface area is 136 Å². The van der Waals surface area contributed by atoms with Crippen molar-refractivity contribution in [3.63, 3.8) is 0 Å². The van der Waals surface area contributed by atoms with Gasteiger partial charge in [0.15, 0.2) is 0 Å². The molecule has 1 heterocycles. The van der Waals surface area contributed by atoms with Gasteiger partial charge in [0.25, 0.3) is 0 Å². The first-order chi connectivity index (χ1) is 11.2. The van der Waals surface area contributed by atoms with Gasteiger partial charge in [0.1, 0.15) is 12.7 Å². The third kappa shape index (κ3) is 3.76. The van der Waals surface area contributed by atoms with Crippen molar-refractivity contribution in [2.45, 2.75) is 19.6 Å². The standard InChI is InChI=1S/C20H19NO2/c1-15-18(20(22)17-10-6-3-7-11-17)12-13-19(21-15)23-14-16-8-4-2-5-9-16/h2-13,20,22H,14H2,1H3. The van der Waals surface area contributed by atoms with Crippen LogP contribution in [0, 0.1) is 6.92 Å². The van der Waals surface area contributed by atoms with Gasteiger partial charge in [-0.3, -0.25) is 0 Å². The fourth-order valence-electron chi connectivity index (χ4n) is 2.46. The molecule has 3 rings (SSSR count). The smallest absolute Gasteiger partial charge is 0.213 e. The van der Waals surface area contributed by atoms with Crippen molar-refractivity contribution in [3.05, 3.63) is 95.2 Å². The van der Waals surface area contributed by atoms with Crippen LogP contribution in [0.1, 0.15) is 28.5 Å². The summed E-state index contributed by atoms with van der Waals surface area (Å²) in [5, 5.41) is 10.5. The number of rotatable bonds is 5. The summed E-state index contributed by atoms with van der Waals surface area (Å²) < 4.78 is 5.72. The lowest BCUT2D eigenvalue weighted by Crippen LogP contribution is -2.05. The minimum atomic E-state index is -0.674. The molecule has 3 heteroatoms. The SMILES string of the molecule is Cc1nc(OCc2ccccc2)ccc1C(O)c1ccccc1. The first-order valence-corrected chi connectivity index (χ1v) is 7.61. The van der Waals surface area contributed by atoms with E-state index in [1.165, 1.54) is 0 Å². The summed E-state index contributed by atoms with van der Waals surface area (Å²) in [6, 6.07) is 23.2. The Hall–Kier alpha value is -2.65. The van der Waals surface area contributed by atoms with E-state index in [-0.39, 0.29) is 0 Å². The third-order valence-corrected chi connectivity index (χ3v) is 3.74. The first-order valence-electron chi connectivity index (χ1n) is 7.61. The molecular weight excluding hydrogens is 286 g/mol. The Morgan fingerprint density at radius 2 is 1.57 bits per heavy atom. The molecule has 0 amide bonds. The number of nitrogens with zero attached hydrogens (tertiary/aromatic N) is 1. The Balaban J connectivity index is 1.73. The van der Waals surface area contributed by atoms with E-state index in [4.69, 9.17) is 4.74 Å². The number of pyridine rings is 1. The van der Waals surface area contributed by atoms with Crippen LogP contribution in [0.5, 0.6) is 5.88 Å². The predicted octanol–water partition coefficient (Wildman–Crippen LogP) is 4.05. The summed E-state index contributed by atoms with van der Waals surface area (Å²) in [5.41, 5.74) is 3.52. The molecule has 0 saturated carbocycles. The van der Waals surface area contributed by atoms with E-state index in [0.717, 1.165) is 22.4 Å². The van der Waals surface area contributed by atoms with Gasteiger partial charge >= 0.3 is 0 Å². The van der Waals surface area contributed by atoms with Gasteiger partial charge in [0, 0.05) is 17.3 Å². The minimum absolute atomic E-state index is 0.480. The van der Waals surface area contributed by atoms with Crippen molar-refractivity contribution in [2.75, 3.05) is 0 Å². The summed E-state index contributed by atoms with van der Waals surface area (Å²) in [7, 11) is 0. The summed E-state index contributed by atoms with van der Waals surface area (Å²) in [6.45, 7) is 2.37. The fraction of sp³-hybridized carbons (Fsp3) is 0.150. The van der Waals surface area contributed by atoms with Crippen LogP contribution in [0.4, 0.5) is 0 Å². The average Bonchev–Trinajstić information content (AvgIpc) is 2.61. The van der Waals surface area contributed by atoms with Crippen LogP contribution in [0.25, 0.3) is 0 Å². The van der Waals surface area contributed by atoms with Crippen molar-refractivity contribution in [1.29, 1.82) is 0 Å². The molecule has 0 bridgehead atoms. The van der Waals surface area contributed by atoms with Crippen molar-refractivity contribution in [2.24, 2.45) is 0 Å². The van der Waals surface area contributed by atoms with E-state index in [1.807, 2.05) is 73.7 Å². The zero-order valence-corrected chi connectivity index (χ0v) is 13.0. The highest BCUT2D eigenvalue weighted by molar-refractivity contribution is 5.34. The monoisotopic (exact) mass is 305 g/mol. The second kappa shape index (κ2) is 7.07. The van der Waals surface area contributed by atoms with Gasteiger partial charge in [0.05, 0.1) is 0 Å². The summed E-state index contributed by atoms with van der Waals surface area (Å²) in [5.74, 6) is 0.565. The lowest BCUT2D eigenvalue weighted by Gasteiger charge is -2.14. The molecule has 0 aliphatic rings. The number of aliphatic hydroxyl groups excluding tert-OH is 1. The maximum absolute atomic E-state index is 10.5. The summed E-state index contributed by atoms with van der Waals surface area (Å²) >= 11 is 0. The molecule has 1 unspecified atom stereocenters. The molecular formula is C20H19NO2. The number of hydrogen-bond acceptors (Lipinski definition) is 3. The van der Waals surface area contributed by atoms with E-state index in [9.17, 15) is 5.11 Å². The molecule has 0 radical (unpaired) electrons. The molecule has 3 nitrogen and oxygen atoms in total. The number of ether oxygens (including phenoxy) is 1. The van der Waals surface area contributed by atoms with Crippen molar-refractivity contribution < 1.29 is 9.84 Å². The molecule has 2 aromatic carbocycles. The molecule has 3 aromatic rings. The van der Waals surface area contributed by atoms with Crippen LogP contribution in [0.15, 0.2) is 72.8 Å². The van der Waals surface area contributed by atoms with Gasteiger partial charge in [-0.15, -0.1) is 0 Å². The number of aryl methyl sites for hydroxylation is 1. The van der Waals surface area contributed by atoms with Gasteiger partial charge in [-0.1, -0.05) is 60.7 Å². The second-order valence-corrected chi connectivity index (χ2v) is 5.41. The van der Waals surface area contributed by atoms with Gasteiger partial charge in [0.2, 0.25) is 5.88 Å². The fourth-order valence-corrected chi connectivity index (χ4v) is 2.46. The predicted molar refractivity (Wildman–Crippen MR) is 90.3 cm³/mol. The van der Waals surface area contributed by atoms with E-state index in [2.05, 4.69) is 4.98 Å². The van der Waals surface area contributed by atoms with E-state index >= 15 is 0 Å². The Kier molecular flexibility index (Phi) is 4.69.